The van der Waals surface area contributed by atoms with Crippen molar-refractivity contribution in [3.63, 3.8) is 0 Å². The molecular weight excluding hydrogens is 296 g/mol. The van der Waals surface area contributed by atoms with Crippen LogP contribution in [0.2, 0.25) is 0 Å². The average Bonchev–Trinajstić information content (AvgIpc) is 2.89. The maximum absolute atomic E-state index is 12.4. The number of fused-ring (bicyclic) bond motifs is 1. The molecular formula is C22H18O2. The predicted octanol–water partition coefficient (Wildman–Crippen LogP) is 4.54. The van der Waals surface area contributed by atoms with Crippen LogP contribution in [0.5, 0.6) is 0 Å². The Hall–Kier alpha value is -2.87. The van der Waals surface area contributed by atoms with Crippen molar-refractivity contribution in [1.29, 1.82) is 0 Å². The normalized spacial score (nSPS) is 14.9. The quantitative estimate of drug-likeness (QED) is 0.661. The van der Waals surface area contributed by atoms with Crippen molar-refractivity contribution in [3.05, 3.63) is 107 Å². The smallest absolute Gasteiger partial charge is 0.339 e. The maximum Gasteiger partial charge on any atom is 0.339 e. The summed E-state index contributed by atoms with van der Waals surface area (Å²) in [7, 11) is 0. The Morgan fingerprint density at radius 2 is 1.17 bits per heavy atom. The van der Waals surface area contributed by atoms with E-state index in [1.165, 1.54) is 0 Å². The molecule has 1 aliphatic rings. The summed E-state index contributed by atoms with van der Waals surface area (Å²) in [5.41, 5.74) is 3.36. The third-order valence-corrected chi connectivity index (χ3v) is 4.59. The molecule has 2 nitrogen and oxygen atoms in total. The molecule has 1 aliphatic heterocycles. The molecule has 0 amide bonds. The largest absolute Gasteiger partial charge is 0.450 e. The van der Waals surface area contributed by atoms with Crippen molar-refractivity contribution < 1.29 is 9.53 Å². The van der Waals surface area contributed by atoms with Crippen LogP contribution in [0, 0.1) is 0 Å². The lowest BCUT2D eigenvalue weighted by molar-refractivity contribution is -0.00820. The van der Waals surface area contributed by atoms with Gasteiger partial charge >= 0.3 is 5.97 Å². The molecule has 3 aromatic carbocycles. The minimum atomic E-state index is -0.642. The van der Waals surface area contributed by atoms with E-state index >= 15 is 0 Å². The van der Waals surface area contributed by atoms with Crippen LogP contribution in [-0.4, -0.2) is 5.97 Å². The van der Waals surface area contributed by atoms with Crippen LogP contribution in [0.1, 0.15) is 27.0 Å². The van der Waals surface area contributed by atoms with E-state index in [0.717, 1.165) is 16.7 Å². The van der Waals surface area contributed by atoms with E-state index in [9.17, 15) is 4.79 Å². The zero-order chi connectivity index (χ0) is 16.4. The third kappa shape index (κ3) is 2.61. The molecule has 0 saturated carbocycles. The fourth-order valence-electron chi connectivity index (χ4n) is 3.52. The van der Waals surface area contributed by atoms with Gasteiger partial charge in [0.2, 0.25) is 0 Å². The third-order valence-electron chi connectivity index (χ3n) is 4.59. The molecule has 2 heteroatoms. The fraction of sp³-hybridized carbons (Fsp3) is 0.136. The standard InChI is InChI=1S/C22H18O2/c23-21-19-13-7-8-14-20(19)22(24-21,15-17-9-3-1-4-10-17)16-18-11-5-2-6-12-18/h1-14H,15-16H2. The lowest BCUT2D eigenvalue weighted by Gasteiger charge is -2.29. The van der Waals surface area contributed by atoms with Gasteiger partial charge in [0.15, 0.2) is 0 Å². The fourth-order valence-corrected chi connectivity index (χ4v) is 3.52. The Labute approximate surface area is 141 Å². The zero-order valence-corrected chi connectivity index (χ0v) is 13.3. The summed E-state index contributed by atoms with van der Waals surface area (Å²) in [5, 5.41) is 0. The molecule has 3 aromatic rings. The molecule has 0 saturated heterocycles. The Balaban J connectivity index is 1.80. The molecule has 0 aliphatic carbocycles. The van der Waals surface area contributed by atoms with E-state index in [4.69, 9.17) is 4.74 Å². The summed E-state index contributed by atoms with van der Waals surface area (Å²) in [5.74, 6) is -0.225. The minimum Gasteiger partial charge on any atom is -0.450 e. The monoisotopic (exact) mass is 314 g/mol. The van der Waals surface area contributed by atoms with E-state index in [-0.39, 0.29) is 5.97 Å². The predicted molar refractivity (Wildman–Crippen MR) is 93.8 cm³/mol. The van der Waals surface area contributed by atoms with Gasteiger partial charge in [-0.15, -0.1) is 0 Å². The molecule has 4 rings (SSSR count). The molecule has 0 atom stereocenters. The van der Waals surface area contributed by atoms with Gasteiger partial charge in [-0.3, -0.25) is 0 Å². The Morgan fingerprint density at radius 3 is 1.75 bits per heavy atom. The summed E-state index contributed by atoms with van der Waals surface area (Å²) >= 11 is 0. The van der Waals surface area contributed by atoms with E-state index in [2.05, 4.69) is 24.3 Å². The van der Waals surface area contributed by atoms with E-state index in [1.54, 1.807) is 0 Å². The first-order valence-corrected chi connectivity index (χ1v) is 8.18. The van der Waals surface area contributed by atoms with Crippen LogP contribution in [-0.2, 0) is 23.2 Å². The van der Waals surface area contributed by atoms with Crippen molar-refractivity contribution in [1.82, 2.24) is 0 Å². The Kier molecular flexibility index (Phi) is 3.66. The lowest BCUT2D eigenvalue weighted by atomic mass is 9.81. The summed E-state index contributed by atoms with van der Waals surface area (Å²) in [4.78, 5) is 12.4. The van der Waals surface area contributed by atoms with E-state index in [0.29, 0.717) is 18.4 Å². The van der Waals surface area contributed by atoms with Crippen molar-refractivity contribution in [2.24, 2.45) is 0 Å². The highest BCUT2D eigenvalue weighted by atomic mass is 16.6. The second kappa shape index (κ2) is 5.97. The highest BCUT2D eigenvalue weighted by Gasteiger charge is 2.45. The van der Waals surface area contributed by atoms with E-state index < -0.39 is 5.60 Å². The topological polar surface area (TPSA) is 26.3 Å². The molecule has 0 N–H and O–H groups in total. The molecule has 0 spiro atoms. The SMILES string of the molecule is O=C1OC(Cc2ccccc2)(Cc2ccccc2)c2ccccc21. The van der Waals surface area contributed by atoms with Gasteiger partial charge in [0.25, 0.3) is 0 Å². The van der Waals surface area contributed by atoms with Crippen LogP contribution in [0.3, 0.4) is 0 Å². The number of benzene rings is 3. The average molecular weight is 314 g/mol. The summed E-state index contributed by atoms with van der Waals surface area (Å²) in [6, 6.07) is 28.2. The number of cyclic esters (lactones) is 1. The Morgan fingerprint density at radius 1 is 0.667 bits per heavy atom. The summed E-state index contributed by atoms with van der Waals surface area (Å²) in [6.07, 6.45) is 1.34. The maximum atomic E-state index is 12.4. The van der Waals surface area contributed by atoms with Crippen molar-refractivity contribution in [2.45, 2.75) is 18.4 Å². The van der Waals surface area contributed by atoms with Gasteiger partial charge in [0.1, 0.15) is 5.60 Å². The van der Waals surface area contributed by atoms with Crippen molar-refractivity contribution in [2.75, 3.05) is 0 Å². The van der Waals surface area contributed by atoms with Crippen LogP contribution in [0.4, 0.5) is 0 Å². The van der Waals surface area contributed by atoms with Gasteiger partial charge in [-0.1, -0.05) is 78.9 Å². The van der Waals surface area contributed by atoms with Gasteiger partial charge in [0, 0.05) is 18.4 Å². The number of carbonyl (C=O) groups excluding carboxylic acids is 1. The van der Waals surface area contributed by atoms with Gasteiger partial charge in [-0.2, -0.15) is 0 Å². The summed E-state index contributed by atoms with van der Waals surface area (Å²) < 4.78 is 5.99. The highest BCUT2D eigenvalue weighted by molar-refractivity contribution is 5.94. The van der Waals surface area contributed by atoms with E-state index in [1.807, 2.05) is 60.7 Å². The second-order valence-electron chi connectivity index (χ2n) is 6.25. The molecule has 0 aromatic heterocycles. The Bertz CT molecular complexity index is 812. The number of ether oxygens (including phenoxy) is 1. The molecule has 24 heavy (non-hydrogen) atoms. The second-order valence-corrected chi connectivity index (χ2v) is 6.25. The van der Waals surface area contributed by atoms with Gasteiger partial charge in [-0.25, -0.2) is 4.79 Å². The molecule has 118 valence electrons. The number of esters is 1. The minimum absolute atomic E-state index is 0.225. The van der Waals surface area contributed by atoms with Crippen LogP contribution in [0.15, 0.2) is 84.9 Å². The molecule has 0 bridgehead atoms. The number of carbonyl (C=O) groups is 1. The first-order valence-electron chi connectivity index (χ1n) is 8.18. The highest BCUT2D eigenvalue weighted by Crippen LogP contribution is 2.41. The number of hydrogen-bond acceptors (Lipinski definition) is 2. The number of hydrogen-bond donors (Lipinski definition) is 0. The van der Waals surface area contributed by atoms with Crippen LogP contribution in [0.25, 0.3) is 0 Å². The van der Waals surface area contributed by atoms with Gasteiger partial charge < -0.3 is 4.74 Å². The van der Waals surface area contributed by atoms with Crippen LogP contribution >= 0.6 is 0 Å². The molecule has 1 heterocycles. The molecule has 0 unspecified atom stereocenters. The first kappa shape index (κ1) is 14.7. The molecule has 0 fully saturated rings. The lowest BCUT2D eigenvalue weighted by Crippen LogP contribution is -2.32. The van der Waals surface area contributed by atoms with Crippen LogP contribution < -0.4 is 0 Å². The first-order chi connectivity index (χ1) is 11.8. The zero-order valence-electron chi connectivity index (χ0n) is 13.3. The van der Waals surface area contributed by atoms with Gasteiger partial charge in [0.05, 0.1) is 5.56 Å². The molecule has 0 radical (unpaired) electrons. The summed E-state index contributed by atoms with van der Waals surface area (Å²) in [6.45, 7) is 0. The number of rotatable bonds is 4. The van der Waals surface area contributed by atoms with Crippen molar-refractivity contribution >= 4 is 5.97 Å². The van der Waals surface area contributed by atoms with Gasteiger partial charge in [-0.05, 0) is 17.2 Å². The van der Waals surface area contributed by atoms with Crippen molar-refractivity contribution in [3.8, 4) is 0 Å².